The molecule has 0 aliphatic carbocycles. The molecule has 5 rings (SSSR count). The molecule has 1 aliphatic rings. The number of benzene rings is 4. The summed E-state index contributed by atoms with van der Waals surface area (Å²) in [5, 5.41) is 0. The lowest BCUT2D eigenvalue weighted by molar-refractivity contribution is 0.247. The summed E-state index contributed by atoms with van der Waals surface area (Å²) in [6.45, 7) is 6.13. The molecule has 0 spiro atoms. The topological polar surface area (TPSA) is 61.9 Å². The second kappa shape index (κ2) is 15.1. The Labute approximate surface area is 267 Å². The molecule has 0 N–H and O–H groups in total. The van der Waals surface area contributed by atoms with Crippen LogP contribution < -0.4 is 28.4 Å². The molecule has 0 atom stereocenters. The van der Waals surface area contributed by atoms with Gasteiger partial charge in [0.25, 0.3) is 0 Å². The first-order chi connectivity index (χ1) is 22.0. The minimum absolute atomic E-state index is 0.600. The van der Waals surface area contributed by atoms with Crippen molar-refractivity contribution in [2.45, 2.75) is 19.5 Å². The monoisotopic (exact) mass is 612 g/mol. The third kappa shape index (κ3) is 7.47. The highest BCUT2D eigenvalue weighted by Gasteiger charge is 2.18. The van der Waals surface area contributed by atoms with Crippen molar-refractivity contribution in [2.75, 3.05) is 68.8 Å². The Morgan fingerprint density at radius 2 is 0.756 bits per heavy atom. The number of ether oxygens (including phenoxy) is 6. The van der Waals surface area contributed by atoms with Gasteiger partial charge in [-0.1, -0.05) is 48.5 Å². The summed E-state index contributed by atoms with van der Waals surface area (Å²) < 4.78 is 33.1. The molecule has 1 heterocycles. The molecule has 0 unspecified atom stereocenters. The Morgan fingerprint density at radius 1 is 0.422 bits per heavy atom. The molecular formula is C37H44N2O6. The lowest BCUT2D eigenvalue weighted by Gasteiger charge is -2.22. The van der Waals surface area contributed by atoms with Crippen LogP contribution in [0.15, 0.2) is 72.8 Å². The van der Waals surface area contributed by atoms with Crippen LogP contribution in [0.1, 0.15) is 17.5 Å². The fourth-order valence-electron chi connectivity index (χ4n) is 5.96. The van der Waals surface area contributed by atoms with Gasteiger partial charge in [0.1, 0.15) is 0 Å². The first-order valence-electron chi connectivity index (χ1n) is 15.2. The van der Waals surface area contributed by atoms with Crippen LogP contribution in [-0.2, 0) is 13.1 Å². The van der Waals surface area contributed by atoms with Gasteiger partial charge in [0.2, 0.25) is 11.5 Å². The van der Waals surface area contributed by atoms with Gasteiger partial charge in [0.05, 0.1) is 42.7 Å². The van der Waals surface area contributed by atoms with Crippen LogP contribution in [0.25, 0.3) is 22.3 Å². The van der Waals surface area contributed by atoms with E-state index >= 15 is 0 Å². The molecule has 0 radical (unpaired) electrons. The van der Waals surface area contributed by atoms with Gasteiger partial charge in [-0.3, -0.25) is 9.80 Å². The van der Waals surface area contributed by atoms with Crippen LogP contribution in [0, 0.1) is 0 Å². The van der Waals surface area contributed by atoms with E-state index in [1.807, 2.05) is 24.3 Å². The lowest BCUT2D eigenvalue weighted by Crippen LogP contribution is -2.30. The summed E-state index contributed by atoms with van der Waals surface area (Å²) in [5.74, 6) is 3.81. The van der Waals surface area contributed by atoms with Gasteiger partial charge in [-0.2, -0.15) is 0 Å². The minimum Gasteiger partial charge on any atom is -0.493 e. The summed E-state index contributed by atoms with van der Waals surface area (Å²) in [4.78, 5) is 5.12. The van der Waals surface area contributed by atoms with Crippen LogP contribution in [0.3, 0.4) is 0 Å². The first-order valence-corrected chi connectivity index (χ1v) is 15.2. The van der Waals surface area contributed by atoms with Gasteiger partial charge in [-0.25, -0.2) is 0 Å². The van der Waals surface area contributed by atoms with E-state index in [-0.39, 0.29) is 0 Å². The number of rotatable bonds is 12. The number of nitrogens with zero attached hydrogens (tertiary/aromatic N) is 2. The maximum absolute atomic E-state index is 5.54. The smallest absolute Gasteiger partial charge is 0.203 e. The van der Waals surface area contributed by atoms with Gasteiger partial charge in [0, 0.05) is 26.2 Å². The maximum atomic E-state index is 5.54. The fourth-order valence-corrected chi connectivity index (χ4v) is 5.96. The molecule has 238 valence electrons. The van der Waals surface area contributed by atoms with Crippen molar-refractivity contribution < 1.29 is 28.4 Å². The van der Waals surface area contributed by atoms with Gasteiger partial charge in [0.15, 0.2) is 23.0 Å². The molecule has 1 aliphatic heterocycles. The molecule has 0 aromatic heterocycles. The van der Waals surface area contributed by atoms with E-state index in [0.29, 0.717) is 34.5 Å². The van der Waals surface area contributed by atoms with Crippen LogP contribution in [-0.4, -0.2) is 78.6 Å². The summed E-state index contributed by atoms with van der Waals surface area (Å²) >= 11 is 0. The minimum atomic E-state index is 0.600. The fraction of sp³-hybridized carbons (Fsp3) is 0.351. The second-order valence-electron chi connectivity index (χ2n) is 11.1. The molecule has 0 saturated carbocycles. The van der Waals surface area contributed by atoms with E-state index in [4.69, 9.17) is 28.4 Å². The van der Waals surface area contributed by atoms with Crippen molar-refractivity contribution in [1.82, 2.24) is 9.80 Å². The van der Waals surface area contributed by atoms with Crippen LogP contribution >= 0.6 is 0 Å². The van der Waals surface area contributed by atoms with Crippen molar-refractivity contribution in [3.05, 3.63) is 83.9 Å². The van der Waals surface area contributed by atoms with E-state index < -0.39 is 0 Å². The molecule has 45 heavy (non-hydrogen) atoms. The number of methoxy groups -OCH3 is 6. The van der Waals surface area contributed by atoms with E-state index in [2.05, 4.69) is 58.3 Å². The summed E-state index contributed by atoms with van der Waals surface area (Å²) in [6, 6.07) is 25.5. The quantitative estimate of drug-likeness (QED) is 0.174. The maximum Gasteiger partial charge on any atom is 0.203 e. The Balaban J connectivity index is 1.18. The third-order valence-electron chi connectivity index (χ3n) is 8.40. The van der Waals surface area contributed by atoms with Crippen LogP contribution in [0.2, 0.25) is 0 Å². The van der Waals surface area contributed by atoms with E-state index in [1.54, 1.807) is 42.7 Å². The van der Waals surface area contributed by atoms with Crippen molar-refractivity contribution in [3.63, 3.8) is 0 Å². The van der Waals surface area contributed by atoms with Crippen molar-refractivity contribution in [3.8, 4) is 56.8 Å². The van der Waals surface area contributed by atoms with Gasteiger partial charge in [-0.05, 0) is 77.2 Å². The molecule has 8 heteroatoms. The van der Waals surface area contributed by atoms with E-state index in [9.17, 15) is 0 Å². The molecule has 0 amide bonds. The van der Waals surface area contributed by atoms with Crippen molar-refractivity contribution in [1.29, 1.82) is 0 Å². The van der Waals surface area contributed by atoms with Crippen molar-refractivity contribution >= 4 is 0 Å². The number of hydrogen-bond acceptors (Lipinski definition) is 8. The third-order valence-corrected chi connectivity index (χ3v) is 8.40. The molecule has 4 aromatic carbocycles. The van der Waals surface area contributed by atoms with Gasteiger partial charge >= 0.3 is 0 Å². The highest BCUT2D eigenvalue weighted by molar-refractivity contribution is 5.72. The molecular weight excluding hydrogens is 568 g/mol. The lowest BCUT2D eigenvalue weighted by atomic mass is 10.0. The van der Waals surface area contributed by atoms with E-state index in [1.165, 1.54) is 11.1 Å². The highest BCUT2D eigenvalue weighted by Crippen LogP contribution is 2.42. The zero-order valence-corrected chi connectivity index (χ0v) is 27.2. The standard InChI is InChI=1S/C37H44N2O6/c1-40-32-20-30(21-33(41-2)36(32)44-5)28-12-8-26(9-13-28)24-38-16-7-17-39(19-18-38)25-27-10-14-29(15-11-27)31-22-34(42-3)37(45-6)35(23-31)43-4/h8-15,20-23H,7,16-19,24-25H2,1-6H3. The van der Waals surface area contributed by atoms with Gasteiger partial charge in [-0.15, -0.1) is 0 Å². The molecule has 1 fully saturated rings. The Hall–Kier alpha value is -4.40. The molecule has 0 bridgehead atoms. The molecule has 1 saturated heterocycles. The Kier molecular flexibility index (Phi) is 10.7. The zero-order valence-electron chi connectivity index (χ0n) is 27.2. The predicted molar refractivity (Wildman–Crippen MR) is 178 cm³/mol. The van der Waals surface area contributed by atoms with Gasteiger partial charge < -0.3 is 28.4 Å². The summed E-state index contributed by atoms with van der Waals surface area (Å²) in [5.41, 5.74) is 6.88. The first kappa shape index (κ1) is 32.0. The largest absolute Gasteiger partial charge is 0.493 e. The summed E-state index contributed by atoms with van der Waals surface area (Å²) in [6.07, 6.45) is 1.15. The second-order valence-corrected chi connectivity index (χ2v) is 11.1. The normalized spacial score (nSPS) is 14.0. The van der Waals surface area contributed by atoms with Crippen molar-refractivity contribution in [2.24, 2.45) is 0 Å². The average Bonchev–Trinajstić information content (AvgIpc) is 3.31. The molecule has 8 nitrogen and oxygen atoms in total. The zero-order chi connectivity index (χ0) is 31.8. The highest BCUT2D eigenvalue weighted by atomic mass is 16.5. The summed E-state index contributed by atoms with van der Waals surface area (Å²) in [7, 11) is 9.80. The molecule has 4 aromatic rings. The number of hydrogen-bond donors (Lipinski definition) is 0. The van der Waals surface area contributed by atoms with Crippen LogP contribution in [0.4, 0.5) is 0 Å². The van der Waals surface area contributed by atoms with Crippen LogP contribution in [0.5, 0.6) is 34.5 Å². The average molecular weight is 613 g/mol. The van der Waals surface area contributed by atoms with E-state index in [0.717, 1.165) is 67.9 Å². The Morgan fingerprint density at radius 3 is 1.04 bits per heavy atom. The predicted octanol–water partition coefficient (Wildman–Crippen LogP) is 6.78. The Bertz CT molecular complexity index is 1390. The SMILES string of the molecule is COc1cc(-c2ccc(CN3CCCN(Cc4ccc(-c5cc(OC)c(OC)c(OC)c5)cc4)CC3)cc2)cc(OC)c1OC.